The Morgan fingerprint density at radius 2 is 2.00 bits per heavy atom. The van der Waals surface area contributed by atoms with Crippen molar-refractivity contribution in [3.8, 4) is 5.75 Å². The molecule has 0 fully saturated rings. The zero-order chi connectivity index (χ0) is 15.7. The summed E-state index contributed by atoms with van der Waals surface area (Å²) in [6.45, 7) is 3.65. The standard InChI is InChI=1S/C16H16N4O2/c1-9-6-15(18-10(2)17-9)20-16(21)14-8-11-7-12(22-3)4-5-13(11)19-14/h4-8,19H,1-3H3,(H,17,18,20,21). The molecule has 1 amide bonds. The molecule has 0 aliphatic heterocycles. The molecule has 0 aliphatic carbocycles. The second-order valence-electron chi connectivity index (χ2n) is 5.03. The zero-order valence-electron chi connectivity index (χ0n) is 12.6. The van der Waals surface area contributed by atoms with Crippen LogP contribution in [-0.2, 0) is 0 Å². The van der Waals surface area contributed by atoms with Crippen LogP contribution in [0.3, 0.4) is 0 Å². The van der Waals surface area contributed by atoms with Gasteiger partial charge in [-0.3, -0.25) is 4.79 Å². The summed E-state index contributed by atoms with van der Waals surface area (Å²) in [6, 6.07) is 9.12. The van der Waals surface area contributed by atoms with Crippen molar-refractivity contribution in [3.05, 3.63) is 47.5 Å². The van der Waals surface area contributed by atoms with Crippen molar-refractivity contribution in [2.75, 3.05) is 12.4 Å². The lowest BCUT2D eigenvalue weighted by molar-refractivity contribution is 0.102. The molecule has 3 rings (SSSR count). The maximum absolute atomic E-state index is 12.3. The first-order valence-corrected chi connectivity index (χ1v) is 6.85. The number of hydrogen-bond donors (Lipinski definition) is 2. The highest BCUT2D eigenvalue weighted by atomic mass is 16.5. The number of H-pyrrole nitrogens is 1. The van der Waals surface area contributed by atoms with Crippen LogP contribution in [0.1, 0.15) is 22.0 Å². The van der Waals surface area contributed by atoms with E-state index in [1.165, 1.54) is 0 Å². The number of aromatic amines is 1. The molecular weight excluding hydrogens is 280 g/mol. The Morgan fingerprint density at radius 3 is 2.73 bits per heavy atom. The second kappa shape index (κ2) is 5.48. The number of nitrogens with zero attached hydrogens (tertiary/aromatic N) is 2. The number of hydrogen-bond acceptors (Lipinski definition) is 4. The van der Waals surface area contributed by atoms with Crippen LogP contribution < -0.4 is 10.1 Å². The van der Waals surface area contributed by atoms with Gasteiger partial charge in [-0.05, 0) is 38.1 Å². The number of fused-ring (bicyclic) bond motifs is 1. The summed E-state index contributed by atoms with van der Waals surface area (Å²) in [5.74, 6) is 1.62. The van der Waals surface area contributed by atoms with Gasteiger partial charge < -0.3 is 15.0 Å². The van der Waals surface area contributed by atoms with E-state index in [1.54, 1.807) is 26.2 Å². The number of carbonyl (C=O) groups is 1. The third kappa shape index (κ3) is 2.76. The van der Waals surface area contributed by atoms with Crippen LogP contribution in [0.4, 0.5) is 5.82 Å². The highest BCUT2D eigenvalue weighted by Crippen LogP contribution is 2.21. The van der Waals surface area contributed by atoms with Crippen LogP contribution >= 0.6 is 0 Å². The van der Waals surface area contributed by atoms with E-state index in [9.17, 15) is 4.79 Å². The van der Waals surface area contributed by atoms with Gasteiger partial charge in [0.05, 0.1) is 7.11 Å². The third-order valence-electron chi connectivity index (χ3n) is 3.28. The van der Waals surface area contributed by atoms with E-state index in [1.807, 2.05) is 25.1 Å². The van der Waals surface area contributed by atoms with Crippen molar-refractivity contribution in [3.63, 3.8) is 0 Å². The molecule has 2 N–H and O–H groups in total. The average Bonchev–Trinajstić information content (AvgIpc) is 2.89. The van der Waals surface area contributed by atoms with Crippen molar-refractivity contribution in [1.82, 2.24) is 15.0 Å². The van der Waals surface area contributed by atoms with E-state index >= 15 is 0 Å². The molecule has 112 valence electrons. The maximum Gasteiger partial charge on any atom is 0.273 e. The fourth-order valence-electron chi connectivity index (χ4n) is 2.32. The summed E-state index contributed by atoms with van der Waals surface area (Å²) >= 11 is 0. The molecule has 6 nitrogen and oxygen atoms in total. The molecule has 0 bridgehead atoms. The summed E-state index contributed by atoms with van der Waals surface area (Å²) in [5.41, 5.74) is 2.15. The number of ether oxygens (including phenoxy) is 1. The Bertz CT molecular complexity index is 834. The minimum Gasteiger partial charge on any atom is -0.497 e. The minimum absolute atomic E-state index is 0.243. The third-order valence-corrected chi connectivity index (χ3v) is 3.28. The predicted octanol–water partition coefficient (Wildman–Crippen LogP) is 2.84. The Labute approximate surface area is 127 Å². The topological polar surface area (TPSA) is 79.9 Å². The lowest BCUT2D eigenvalue weighted by Crippen LogP contribution is -2.14. The van der Waals surface area contributed by atoms with Crippen molar-refractivity contribution >= 4 is 22.6 Å². The summed E-state index contributed by atoms with van der Waals surface area (Å²) in [7, 11) is 1.61. The van der Waals surface area contributed by atoms with Crippen LogP contribution in [0.15, 0.2) is 30.3 Å². The molecule has 2 heterocycles. The summed E-state index contributed by atoms with van der Waals surface area (Å²) in [6.07, 6.45) is 0. The minimum atomic E-state index is -0.243. The van der Waals surface area contributed by atoms with Gasteiger partial charge in [-0.25, -0.2) is 9.97 Å². The molecule has 3 aromatic rings. The number of nitrogens with one attached hydrogen (secondary N) is 2. The van der Waals surface area contributed by atoms with E-state index in [0.29, 0.717) is 17.3 Å². The monoisotopic (exact) mass is 296 g/mol. The SMILES string of the molecule is COc1ccc2[nH]c(C(=O)Nc3cc(C)nc(C)n3)cc2c1. The lowest BCUT2D eigenvalue weighted by Gasteiger charge is -2.04. The number of benzene rings is 1. The smallest absolute Gasteiger partial charge is 0.273 e. The maximum atomic E-state index is 12.3. The first-order chi connectivity index (χ1) is 10.5. The van der Waals surface area contributed by atoms with Crippen LogP contribution in [0.2, 0.25) is 0 Å². The van der Waals surface area contributed by atoms with Gasteiger partial charge in [-0.2, -0.15) is 0 Å². The summed E-state index contributed by atoms with van der Waals surface area (Å²) < 4.78 is 5.18. The van der Waals surface area contributed by atoms with Gasteiger partial charge in [0.15, 0.2) is 0 Å². The number of aromatic nitrogens is 3. The number of methoxy groups -OCH3 is 1. The summed E-state index contributed by atoms with van der Waals surface area (Å²) in [5, 5.41) is 3.69. The number of anilines is 1. The van der Waals surface area contributed by atoms with Gasteiger partial charge in [-0.1, -0.05) is 0 Å². The molecule has 0 unspecified atom stereocenters. The first-order valence-electron chi connectivity index (χ1n) is 6.85. The van der Waals surface area contributed by atoms with Gasteiger partial charge in [0.2, 0.25) is 0 Å². The lowest BCUT2D eigenvalue weighted by atomic mass is 10.2. The molecule has 22 heavy (non-hydrogen) atoms. The number of rotatable bonds is 3. The van der Waals surface area contributed by atoms with Crippen molar-refractivity contribution in [1.29, 1.82) is 0 Å². The van der Waals surface area contributed by atoms with Gasteiger partial charge >= 0.3 is 0 Å². The fourth-order valence-corrected chi connectivity index (χ4v) is 2.32. The molecular formula is C16H16N4O2. The van der Waals surface area contributed by atoms with Gasteiger partial charge in [-0.15, -0.1) is 0 Å². The molecule has 1 aromatic carbocycles. The molecule has 0 saturated carbocycles. The Morgan fingerprint density at radius 1 is 1.18 bits per heavy atom. The fraction of sp³-hybridized carbons (Fsp3) is 0.188. The van der Waals surface area contributed by atoms with Gasteiger partial charge in [0.25, 0.3) is 5.91 Å². The Balaban J connectivity index is 1.88. The van der Waals surface area contributed by atoms with Crippen molar-refractivity contribution in [2.24, 2.45) is 0 Å². The molecule has 0 saturated heterocycles. The second-order valence-corrected chi connectivity index (χ2v) is 5.03. The van der Waals surface area contributed by atoms with Crippen LogP contribution in [0, 0.1) is 13.8 Å². The average molecular weight is 296 g/mol. The first kappa shape index (κ1) is 14.1. The number of aryl methyl sites for hydroxylation is 2. The van der Waals surface area contributed by atoms with E-state index in [-0.39, 0.29) is 5.91 Å². The van der Waals surface area contributed by atoms with E-state index in [4.69, 9.17) is 4.74 Å². The molecule has 2 aromatic heterocycles. The van der Waals surface area contributed by atoms with Crippen LogP contribution in [0.25, 0.3) is 10.9 Å². The molecule has 6 heteroatoms. The molecule has 0 radical (unpaired) electrons. The number of carbonyl (C=O) groups excluding carboxylic acids is 1. The Kier molecular flexibility index (Phi) is 3.50. The quantitative estimate of drug-likeness (QED) is 0.779. The predicted molar refractivity (Wildman–Crippen MR) is 84.3 cm³/mol. The Hall–Kier alpha value is -2.89. The van der Waals surface area contributed by atoms with E-state index in [0.717, 1.165) is 22.3 Å². The molecule has 0 spiro atoms. The number of amides is 1. The van der Waals surface area contributed by atoms with Gasteiger partial charge in [0.1, 0.15) is 23.1 Å². The summed E-state index contributed by atoms with van der Waals surface area (Å²) in [4.78, 5) is 23.8. The highest BCUT2D eigenvalue weighted by Gasteiger charge is 2.11. The molecule has 0 atom stereocenters. The van der Waals surface area contributed by atoms with Crippen LogP contribution in [0.5, 0.6) is 5.75 Å². The zero-order valence-corrected chi connectivity index (χ0v) is 12.6. The largest absolute Gasteiger partial charge is 0.497 e. The molecule has 0 aliphatic rings. The van der Waals surface area contributed by atoms with E-state index in [2.05, 4.69) is 20.3 Å². The normalized spacial score (nSPS) is 10.7. The van der Waals surface area contributed by atoms with Gasteiger partial charge in [0, 0.05) is 22.7 Å². The van der Waals surface area contributed by atoms with Crippen LogP contribution in [-0.4, -0.2) is 28.0 Å². The van der Waals surface area contributed by atoms with Crippen molar-refractivity contribution < 1.29 is 9.53 Å². The van der Waals surface area contributed by atoms with Crippen molar-refractivity contribution in [2.45, 2.75) is 13.8 Å². The van der Waals surface area contributed by atoms with E-state index < -0.39 is 0 Å². The highest BCUT2D eigenvalue weighted by molar-refractivity contribution is 6.05.